The second kappa shape index (κ2) is 5.02. The van der Waals surface area contributed by atoms with Crippen molar-refractivity contribution in [3.63, 3.8) is 0 Å². The van der Waals surface area contributed by atoms with E-state index >= 15 is 0 Å². The highest BCUT2D eigenvalue weighted by molar-refractivity contribution is 7.17. The van der Waals surface area contributed by atoms with Gasteiger partial charge in [-0.3, -0.25) is 0 Å². The van der Waals surface area contributed by atoms with E-state index in [-0.39, 0.29) is 0 Å². The number of hydrogen-bond donors (Lipinski definition) is 1. The molecule has 1 aliphatic rings. The molecular weight excluding hydrogens is 238 g/mol. The molecule has 1 heterocycles. The Labute approximate surface area is 113 Å². The molecule has 0 bridgehead atoms. The molecular formula is C16H21NS. The van der Waals surface area contributed by atoms with Crippen LogP contribution in [0.1, 0.15) is 38.2 Å². The lowest BCUT2D eigenvalue weighted by Crippen LogP contribution is -2.32. The third-order valence-corrected chi connectivity index (χ3v) is 5.41. The zero-order valence-corrected chi connectivity index (χ0v) is 12.0. The van der Waals surface area contributed by atoms with Crippen molar-refractivity contribution in [1.29, 1.82) is 0 Å². The van der Waals surface area contributed by atoms with E-state index in [1.807, 2.05) is 11.3 Å². The van der Waals surface area contributed by atoms with Crippen LogP contribution in [0.2, 0.25) is 0 Å². The highest BCUT2D eigenvalue weighted by Gasteiger charge is 2.33. The van der Waals surface area contributed by atoms with Gasteiger partial charge >= 0.3 is 0 Å². The van der Waals surface area contributed by atoms with Crippen LogP contribution in [0.25, 0.3) is 10.1 Å². The van der Waals surface area contributed by atoms with Crippen molar-refractivity contribution in [2.24, 2.45) is 5.92 Å². The van der Waals surface area contributed by atoms with E-state index in [2.05, 4.69) is 48.8 Å². The first-order chi connectivity index (χ1) is 8.81. The summed E-state index contributed by atoms with van der Waals surface area (Å²) in [6.45, 7) is 5.71. The maximum Gasteiger partial charge on any atom is 0.0377 e. The topological polar surface area (TPSA) is 12.0 Å². The summed E-state index contributed by atoms with van der Waals surface area (Å²) in [7, 11) is 0. The Hall–Kier alpha value is -0.860. The van der Waals surface area contributed by atoms with Crippen molar-refractivity contribution in [2.75, 3.05) is 6.54 Å². The molecule has 0 radical (unpaired) electrons. The summed E-state index contributed by atoms with van der Waals surface area (Å²) in [5.74, 6) is 1.48. The molecule has 1 saturated carbocycles. The quantitative estimate of drug-likeness (QED) is 0.862. The largest absolute Gasteiger partial charge is 0.314 e. The zero-order chi connectivity index (χ0) is 12.5. The monoisotopic (exact) mass is 259 g/mol. The van der Waals surface area contributed by atoms with E-state index in [1.54, 1.807) is 5.56 Å². The van der Waals surface area contributed by atoms with Gasteiger partial charge in [0.1, 0.15) is 0 Å². The summed E-state index contributed by atoms with van der Waals surface area (Å²) in [6.07, 6.45) is 2.65. The second-order valence-corrected chi connectivity index (χ2v) is 6.31. The molecule has 18 heavy (non-hydrogen) atoms. The maximum absolute atomic E-state index is 3.64. The van der Waals surface area contributed by atoms with Crippen LogP contribution in [0.3, 0.4) is 0 Å². The minimum absolute atomic E-state index is 0.704. The minimum Gasteiger partial charge on any atom is -0.314 e. The first kappa shape index (κ1) is 12.2. The lowest BCUT2D eigenvalue weighted by Gasteiger charge is -2.22. The molecule has 1 fully saturated rings. The van der Waals surface area contributed by atoms with Crippen LogP contribution in [0.4, 0.5) is 0 Å². The van der Waals surface area contributed by atoms with Crippen molar-refractivity contribution in [3.8, 4) is 0 Å². The number of nitrogens with one attached hydrogen (secondary N) is 1. The number of fused-ring (bicyclic) bond motifs is 1. The van der Waals surface area contributed by atoms with Crippen LogP contribution in [0, 0.1) is 5.92 Å². The lowest BCUT2D eigenvalue weighted by molar-refractivity contribution is 0.413. The molecule has 1 aromatic carbocycles. The van der Waals surface area contributed by atoms with Gasteiger partial charge in [0.05, 0.1) is 0 Å². The molecule has 1 aromatic heterocycles. The molecule has 2 heteroatoms. The molecule has 0 amide bonds. The summed E-state index contributed by atoms with van der Waals surface area (Å²) >= 11 is 1.90. The lowest BCUT2D eigenvalue weighted by atomic mass is 9.88. The maximum atomic E-state index is 3.64. The molecule has 1 aliphatic carbocycles. The predicted molar refractivity (Wildman–Crippen MR) is 80.4 cm³/mol. The van der Waals surface area contributed by atoms with Crippen LogP contribution in [0.15, 0.2) is 29.6 Å². The molecule has 3 rings (SSSR count). The van der Waals surface area contributed by atoms with E-state index in [0.29, 0.717) is 6.04 Å². The highest BCUT2D eigenvalue weighted by Crippen LogP contribution is 2.43. The summed E-state index contributed by atoms with van der Waals surface area (Å²) in [5, 5.41) is 7.27. The van der Waals surface area contributed by atoms with Gasteiger partial charge in [-0.05, 0) is 53.6 Å². The van der Waals surface area contributed by atoms with Gasteiger partial charge in [0.25, 0.3) is 0 Å². The van der Waals surface area contributed by atoms with Gasteiger partial charge in [0.15, 0.2) is 0 Å². The number of hydrogen-bond acceptors (Lipinski definition) is 2. The number of benzene rings is 1. The van der Waals surface area contributed by atoms with E-state index in [4.69, 9.17) is 0 Å². The number of thiophene rings is 1. The molecule has 1 N–H and O–H groups in total. The van der Waals surface area contributed by atoms with Gasteiger partial charge in [0.2, 0.25) is 0 Å². The van der Waals surface area contributed by atoms with Gasteiger partial charge < -0.3 is 5.32 Å². The molecule has 0 saturated heterocycles. The molecule has 3 atom stereocenters. The van der Waals surface area contributed by atoms with Crippen molar-refractivity contribution in [2.45, 2.75) is 38.6 Å². The van der Waals surface area contributed by atoms with Crippen molar-refractivity contribution < 1.29 is 0 Å². The van der Waals surface area contributed by atoms with Gasteiger partial charge in [-0.15, -0.1) is 11.3 Å². The van der Waals surface area contributed by atoms with Crippen LogP contribution in [-0.2, 0) is 0 Å². The van der Waals surface area contributed by atoms with E-state index in [9.17, 15) is 0 Å². The SMILES string of the molecule is CCNC1CCC(c2cccc3ccsc23)C1C. The summed E-state index contributed by atoms with van der Waals surface area (Å²) in [6, 6.07) is 9.74. The molecule has 0 spiro atoms. The van der Waals surface area contributed by atoms with E-state index in [1.165, 1.54) is 22.9 Å². The van der Waals surface area contributed by atoms with Gasteiger partial charge in [-0.25, -0.2) is 0 Å². The standard InChI is InChI=1S/C16H21NS/c1-3-17-15-8-7-13(11(15)2)14-6-4-5-12-9-10-18-16(12)14/h4-6,9-11,13,15,17H,3,7-8H2,1-2H3. The van der Waals surface area contributed by atoms with E-state index in [0.717, 1.165) is 18.4 Å². The Kier molecular flexibility index (Phi) is 3.40. The Balaban J connectivity index is 1.93. The van der Waals surface area contributed by atoms with Crippen LogP contribution < -0.4 is 5.32 Å². The van der Waals surface area contributed by atoms with Crippen molar-refractivity contribution in [3.05, 3.63) is 35.2 Å². The number of rotatable bonds is 3. The molecule has 96 valence electrons. The van der Waals surface area contributed by atoms with E-state index < -0.39 is 0 Å². The third kappa shape index (κ3) is 1.98. The predicted octanol–water partition coefficient (Wildman–Crippen LogP) is 4.39. The Bertz CT molecular complexity index is 531. The van der Waals surface area contributed by atoms with Gasteiger partial charge in [-0.2, -0.15) is 0 Å². The van der Waals surface area contributed by atoms with Crippen molar-refractivity contribution in [1.82, 2.24) is 5.32 Å². The first-order valence-electron chi connectivity index (χ1n) is 7.00. The van der Waals surface area contributed by atoms with Crippen molar-refractivity contribution >= 4 is 21.4 Å². The van der Waals surface area contributed by atoms with Crippen LogP contribution >= 0.6 is 11.3 Å². The fraction of sp³-hybridized carbons (Fsp3) is 0.500. The average molecular weight is 259 g/mol. The Morgan fingerprint density at radius 3 is 3.00 bits per heavy atom. The second-order valence-electron chi connectivity index (χ2n) is 5.39. The Morgan fingerprint density at radius 1 is 1.28 bits per heavy atom. The van der Waals surface area contributed by atoms with Gasteiger partial charge in [-0.1, -0.05) is 32.0 Å². The zero-order valence-electron chi connectivity index (χ0n) is 11.1. The smallest absolute Gasteiger partial charge is 0.0377 e. The normalized spacial score (nSPS) is 28.0. The van der Waals surface area contributed by atoms with Gasteiger partial charge in [0, 0.05) is 10.7 Å². The first-order valence-corrected chi connectivity index (χ1v) is 7.88. The fourth-order valence-electron chi connectivity index (χ4n) is 3.46. The van der Waals surface area contributed by atoms with Crippen LogP contribution in [-0.4, -0.2) is 12.6 Å². The van der Waals surface area contributed by atoms with Crippen LogP contribution in [0.5, 0.6) is 0 Å². The summed E-state index contributed by atoms with van der Waals surface area (Å²) in [4.78, 5) is 0. The summed E-state index contributed by atoms with van der Waals surface area (Å²) in [5.41, 5.74) is 1.58. The molecule has 1 nitrogen and oxygen atoms in total. The molecule has 0 aliphatic heterocycles. The Morgan fingerprint density at radius 2 is 2.17 bits per heavy atom. The average Bonchev–Trinajstić information content (AvgIpc) is 2.98. The summed E-state index contributed by atoms with van der Waals surface area (Å²) < 4.78 is 1.51. The minimum atomic E-state index is 0.704. The molecule has 3 unspecified atom stereocenters. The third-order valence-electron chi connectivity index (χ3n) is 4.43. The highest BCUT2D eigenvalue weighted by atomic mass is 32.1. The molecule has 2 aromatic rings. The fourth-order valence-corrected chi connectivity index (χ4v) is 4.44.